The molecule has 1 atom stereocenters. The van der Waals surface area contributed by atoms with Crippen LogP contribution >= 0.6 is 0 Å². The normalized spacial score (nSPS) is 15.9. The lowest BCUT2D eigenvalue weighted by Gasteiger charge is -2.32. The van der Waals surface area contributed by atoms with Gasteiger partial charge in [0.2, 0.25) is 0 Å². The molecule has 1 aliphatic heterocycles. The third kappa shape index (κ3) is 6.12. The maximum atomic E-state index is 13.2. The summed E-state index contributed by atoms with van der Waals surface area (Å²) >= 11 is 0. The van der Waals surface area contributed by atoms with Crippen LogP contribution in [-0.2, 0) is 17.5 Å². The molecule has 2 N–H and O–H groups in total. The van der Waals surface area contributed by atoms with Crippen LogP contribution in [0.4, 0.5) is 29.1 Å². The van der Waals surface area contributed by atoms with E-state index in [1.165, 1.54) is 12.3 Å². The molecule has 1 saturated heterocycles. The minimum atomic E-state index is -4.82. The first-order valence-electron chi connectivity index (χ1n) is 11.0. The molecule has 0 amide bonds. The van der Waals surface area contributed by atoms with Crippen LogP contribution in [0.2, 0.25) is 0 Å². The number of aromatic amines is 1. The average molecular weight is 496 g/mol. The molecule has 0 spiro atoms. The molecule has 0 aromatic carbocycles. The molecule has 4 heterocycles. The standard InChI is InChI=1S/C21H24F4N8O2/c1-13(28-17-9-27-30-20(34)19(17)21(23,24)25)11-35-12-15-10-33(31-29-15)16-4-6-32(7-5-16)18-3-2-14(22)8-26-18/h2-3,8-10,13,16H,4-7,11-12H2,1H3,(H2,28,30,34). The summed E-state index contributed by atoms with van der Waals surface area (Å²) in [5.74, 6) is 0.364. The Morgan fingerprint density at radius 3 is 2.71 bits per heavy atom. The van der Waals surface area contributed by atoms with Crippen LogP contribution in [0.25, 0.3) is 0 Å². The van der Waals surface area contributed by atoms with Gasteiger partial charge < -0.3 is 15.0 Å². The van der Waals surface area contributed by atoms with E-state index in [9.17, 15) is 22.4 Å². The lowest BCUT2D eigenvalue weighted by atomic mass is 10.1. The summed E-state index contributed by atoms with van der Waals surface area (Å²) in [5.41, 5.74) is -2.46. The van der Waals surface area contributed by atoms with Crippen molar-refractivity contribution in [2.45, 2.75) is 44.6 Å². The number of halogens is 4. The number of hydrogen-bond acceptors (Lipinski definition) is 8. The van der Waals surface area contributed by atoms with E-state index in [0.717, 1.165) is 37.9 Å². The molecular formula is C21H24F4N8O2. The van der Waals surface area contributed by atoms with E-state index in [2.05, 4.69) is 30.6 Å². The van der Waals surface area contributed by atoms with Gasteiger partial charge in [0.05, 0.1) is 43.5 Å². The Labute approximate surface area is 197 Å². The quantitative estimate of drug-likeness (QED) is 0.458. The van der Waals surface area contributed by atoms with Crippen molar-refractivity contribution >= 4 is 11.5 Å². The van der Waals surface area contributed by atoms with Crippen molar-refractivity contribution in [3.05, 3.63) is 58.2 Å². The highest BCUT2D eigenvalue weighted by Crippen LogP contribution is 2.31. The zero-order chi connectivity index (χ0) is 25.0. The predicted octanol–water partition coefficient (Wildman–Crippen LogP) is 2.77. The van der Waals surface area contributed by atoms with Crippen molar-refractivity contribution in [1.82, 2.24) is 30.2 Å². The van der Waals surface area contributed by atoms with Crippen LogP contribution in [0.5, 0.6) is 0 Å². The molecule has 35 heavy (non-hydrogen) atoms. The zero-order valence-corrected chi connectivity index (χ0v) is 18.8. The van der Waals surface area contributed by atoms with E-state index in [1.807, 2.05) is 0 Å². The molecule has 0 radical (unpaired) electrons. The van der Waals surface area contributed by atoms with E-state index < -0.39 is 29.0 Å². The first-order valence-corrected chi connectivity index (χ1v) is 11.0. The van der Waals surface area contributed by atoms with Crippen molar-refractivity contribution in [1.29, 1.82) is 0 Å². The maximum absolute atomic E-state index is 13.2. The Morgan fingerprint density at radius 1 is 1.26 bits per heavy atom. The van der Waals surface area contributed by atoms with Gasteiger partial charge in [-0.05, 0) is 31.9 Å². The first kappa shape index (κ1) is 24.6. The Morgan fingerprint density at radius 2 is 2.03 bits per heavy atom. The Kier molecular flexibility index (Phi) is 7.28. The van der Waals surface area contributed by atoms with Gasteiger partial charge in [0.15, 0.2) is 0 Å². The summed E-state index contributed by atoms with van der Waals surface area (Å²) in [6.07, 6.45) is 0.725. The topological polar surface area (TPSA) is 114 Å². The molecule has 0 saturated carbocycles. The number of rotatable bonds is 8. The number of H-pyrrole nitrogens is 1. The van der Waals surface area contributed by atoms with Gasteiger partial charge in [0.25, 0.3) is 5.56 Å². The number of aromatic nitrogens is 6. The summed E-state index contributed by atoms with van der Waals surface area (Å²) in [6, 6.07) is 2.67. The lowest BCUT2D eigenvalue weighted by molar-refractivity contribution is -0.138. The number of piperidine rings is 1. The third-order valence-corrected chi connectivity index (χ3v) is 5.59. The number of nitrogens with one attached hydrogen (secondary N) is 2. The summed E-state index contributed by atoms with van der Waals surface area (Å²) in [7, 11) is 0. The average Bonchev–Trinajstić information content (AvgIpc) is 3.28. The van der Waals surface area contributed by atoms with Gasteiger partial charge in [-0.3, -0.25) is 4.79 Å². The number of anilines is 2. The van der Waals surface area contributed by atoms with Crippen molar-refractivity contribution in [3.8, 4) is 0 Å². The fourth-order valence-corrected chi connectivity index (χ4v) is 3.91. The van der Waals surface area contributed by atoms with E-state index in [-0.39, 0.29) is 25.1 Å². The highest BCUT2D eigenvalue weighted by atomic mass is 19.4. The minimum absolute atomic E-state index is 0.0695. The second-order valence-corrected chi connectivity index (χ2v) is 8.29. The molecule has 10 nitrogen and oxygen atoms in total. The number of hydrogen-bond donors (Lipinski definition) is 2. The molecular weight excluding hydrogens is 472 g/mol. The third-order valence-electron chi connectivity index (χ3n) is 5.59. The van der Waals surface area contributed by atoms with Gasteiger partial charge in [-0.15, -0.1) is 5.10 Å². The van der Waals surface area contributed by atoms with Gasteiger partial charge >= 0.3 is 6.18 Å². The maximum Gasteiger partial charge on any atom is 0.423 e. The lowest BCUT2D eigenvalue weighted by Crippen LogP contribution is -2.35. The minimum Gasteiger partial charge on any atom is -0.378 e. The number of ether oxygens (including phenoxy) is 1. The summed E-state index contributed by atoms with van der Waals surface area (Å²) in [6.45, 7) is 3.32. The SMILES string of the molecule is CC(COCc1cn(C2CCN(c3ccc(F)cn3)CC2)nn1)Nc1cn[nH]c(=O)c1C(F)(F)F. The van der Waals surface area contributed by atoms with E-state index in [1.54, 1.807) is 29.0 Å². The molecule has 1 fully saturated rings. The predicted molar refractivity (Wildman–Crippen MR) is 117 cm³/mol. The molecule has 4 rings (SSSR count). The second kappa shape index (κ2) is 10.4. The summed E-state index contributed by atoms with van der Waals surface area (Å²) in [4.78, 5) is 17.8. The Hall–Kier alpha value is -3.55. The first-order chi connectivity index (χ1) is 16.7. The Bertz CT molecular complexity index is 1170. The zero-order valence-electron chi connectivity index (χ0n) is 18.8. The van der Waals surface area contributed by atoms with Crippen LogP contribution in [0.15, 0.2) is 35.5 Å². The summed E-state index contributed by atoms with van der Waals surface area (Å²) in [5, 5.41) is 16.1. The van der Waals surface area contributed by atoms with E-state index in [4.69, 9.17) is 4.74 Å². The number of nitrogens with zero attached hydrogens (tertiary/aromatic N) is 6. The van der Waals surface area contributed by atoms with Crippen LogP contribution in [0.1, 0.15) is 37.1 Å². The smallest absolute Gasteiger partial charge is 0.378 e. The fourth-order valence-electron chi connectivity index (χ4n) is 3.91. The van der Waals surface area contributed by atoms with Gasteiger partial charge in [0.1, 0.15) is 22.9 Å². The van der Waals surface area contributed by atoms with Crippen LogP contribution in [0, 0.1) is 5.82 Å². The molecule has 1 unspecified atom stereocenters. The van der Waals surface area contributed by atoms with Crippen LogP contribution in [0.3, 0.4) is 0 Å². The van der Waals surface area contributed by atoms with Crippen LogP contribution < -0.4 is 15.8 Å². The number of pyridine rings is 1. The molecule has 0 bridgehead atoms. The molecule has 14 heteroatoms. The molecule has 3 aromatic rings. The van der Waals surface area contributed by atoms with Gasteiger partial charge in [-0.25, -0.2) is 19.2 Å². The summed E-state index contributed by atoms with van der Waals surface area (Å²) < 4.78 is 59.9. The van der Waals surface area contributed by atoms with Gasteiger partial charge in [-0.1, -0.05) is 5.21 Å². The van der Waals surface area contributed by atoms with Crippen molar-refractivity contribution < 1.29 is 22.3 Å². The highest BCUT2D eigenvalue weighted by molar-refractivity contribution is 5.50. The van der Waals surface area contributed by atoms with Crippen molar-refractivity contribution in [3.63, 3.8) is 0 Å². The number of alkyl halides is 3. The Balaban J connectivity index is 1.25. The largest absolute Gasteiger partial charge is 0.423 e. The van der Waals surface area contributed by atoms with Crippen molar-refractivity contribution in [2.75, 3.05) is 29.9 Å². The fraction of sp³-hybridized carbons (Fsp3) is 0.476. The molecule has 188 valence electrons. The van der Waals surface area contributed by atoms with Crippen molar-refractivity contribution in [2.24, 2.45) is 0 Å². The molecule has 0 aliphatic carbocycles. The second-order valence-electron chi connectivity index (χ2n) is 8.29. The molecule has 3 aromatic heterocycles. The highest BCUT2D eigenvalue weighted by Gasteiger charge is 2.37. The van der Waals surface area contributed by atoms with Gasteiger partial charge in [-0.2, -0.15) is 18.3 Å². The van der Waals surface area contributed by atoms with E-state index in [0.29, 0.717) is 5.69 Å². The monoisotopic (exact) mass is 496 g/mol. The van der Waals surface area contributed by atoms with E-state index >= 15 is 0 Å². The molecule has 1 aliphatic rings. The van der Waals surface area contributed by atoms with Gasteiger partial charge in [0, 0.05) is 19.1 Å². The van der Waals surface area contributed by atoms with Crippen LogP contribution in [-0.4, -0.2) is 55.9 Å².